The van der Waals surface area contributed by atoms with Gasteiger partial charge < -0.3 is 5.32 Å². The van der Waals surface area contributed by atoms with Crippen LogP contribution in [0.3, 0.4) is 0 Å². The average Bonchev–Trinajstić information content (AvgIpc) is 2.45. The molecule has 0 spiro atoms. The molecule has 0 aromatic heterocycles. The van der Waals surface area contributed by atoms with Gasteiger partial charge in [-0.15, -0.1) is 0 Å². The van der Waals surface area contributed by atoms with Crippen molar-refractivity contribution in [2.45, 2.75) is 39.5 Å². The Morgan fingerprint density at radius 2 is 2.24 bits per heavy atom. The molecule has 1 aromatic carbocycles. The number of hydrazone groups is 1. The van der Waals surface area contributed by atoms with E-state index in [1.807, 2.05) is 19.1 Å². The number of amides is 1. The lowest BCUT2D eigenvalue weighted by molar-refractivity contribution is -0.119. The second-order valence-electron chi connectivity index (χ2n) is 5.60. The highest BCUT2D eigenvalue weighted by molar-refractivity contribution is 6.30. The van der Waals surface area contributed by atoms with E-state index in [1.165, 1.54) is 12.8 Å². The average molecular weight is 308 g/mol. The van der Waals surface area contributed by atoms with Gasteiger partial charge in [0, 0.05) is 16.4 Å². The number of rotatable bonds is 4. The number of carbonyl (C=O) groups excluding carboxylic acids is 1. The highest BCUT2D eigenvalue weighted by Crippen LogP contribution is 2.21. The fourth-order valence-corrected chi connectivity index (χ4v) is 2.74. The molecule has 0 heterocycles. The maximum Gasteiger partial charge on any atom is 0.259 e. The highest BCUT2D eigenvalue weighted by Gasteiger charge is 2.16. The first-order valence-electron chi connectivity index (χ1n) is 7.41. The lowest BCUT2D eigenvalue weighted by Gasteiger charge is -2.19. The van der Waals surface area contributed by atoms with Gasteiger partial charge in [-0.2, -0.15) is 5.10 Å². The quantitative estimate of drug-likeness (QED) is 0.833. The van der Waals surface area contributed by atoms with E-state index in [0.29, 0.717) is 10.9 Å². The highest BCUT2D eigenvalue weighted by atomic mass is 35.5. The van der Waals surface area contributed by atoms with Gasteiger partial charge in [0.15, 0.2) is 0 Å². The molecule has 21 heavy (non-hydrogen) atoms. The monoisotopic (exact) mass is 307 g/mol. The predicted octanol–water partition coefficient (Wildman–Crippen LogP) is 3.74. The molecule has 0 saturated heterocycles. The van der Waals surface area contributed by atoms with Gasteiger partial charge in [-0.05, 0) is 55.9 Å². The summed E-state index contributed by atoms with van der Waals surface area (Å²) in [5.41, 5.74) is 5.68. The van der Waals surface area contributed by atoms with Gasteiger partial charge >= 0.3 is 0 Å². The fraction of sp³-hybridized carbons (Fsp3) is 0.500. The van der Waals surface area contributed by atoms with E-state index >= 15 is 0 Å². The Balaban J connectivity index is 1.83. The summed E-state index contributed by atoms with van der Waals surface area (Å²) < 4.78 is 0. The molecule has 5 heteroatoms. The number of nitrogens with one attached hydrogen (secondary N) is 2. The molecule has 114 valence electrons. The Bertz CT molecular complexity index is 542. The minimum absolute atomic E-state index is 0.130. The third kappa shape index (κ3) is 4.74. The summed E-state index contributed by atoms with van der Waals surface area (Å²) in [4.78, 5) is 11.8. The minimum Gasteiger partial charge on any atom is -0.376 e. The van der Waals surface area contributed by atoms with Gasteiger partial charge in [0.1, 0.15) is 0 Å². The molecular formula is C16H22ClN3O. The maximum absolute atomic E-state index is 11.8. The maximum atomic E-state index is 11.8. The number of anilines is 1. The Morgan fingerprint density at radius 1 is 1.43 bits per heavy atom. The molecule has 2 rings (SSSR count). The zero-order valence-electron chi connectivity index (χ0n) is 12.6. The molecule has 0 radical (unpaired) electrons. The zero-order chi connectivity index (χ0) is 15.2. The third-order valence-electron chi connectivity index (χ3n) is 3.84. The van der Waals surface area contributed by atoms with Crippen LogP contribution in [0.1, 0.15) is 38.2 Å². The van der Waals surface area contributed by atoms with Crippen LogP contribution in [0.2, 0.25) is 5.02 Å². The third-order valence-corrected chi connectivity index (χ3v) is 4.08. The standard InChI is InChI=1S/C16H22ClN3O/c1-11-5-3-4-6-15(11)19-20-16(21)10-18-14-8-7-13(17)9-12(14)2/h7-9,11,18H,3-6,10H2,1-2H3,(H,20,21)/b19-15-. The number of nitrogens with zero attached hydrogens (tertiary/aromatic N) is 1. The summed E-state index contributed by atoms with van der Waals surface area (Å²) in [5.74, 6) is 0.347. The molecule has 0 bridgehead atoms. The van der Waals surface area contributed by atoms with E-state index in [1.54, 1.807) is 6.07 Å². The van der Waals surface area contributed by atoms with E-state index < -0.39 is 0 Å². The normalized spacial score (nSPS) is 20.3. The minimum atomic E-state index is -0.130. The van der Waals surface area contributed by atoms with Crippen molar-refractivity contribution in [1.29, 1.82) is 0 Å². The van der Waals surface area contributed by atoms with Crippen molar-refractivity contribution in [2.75, 3.05) is 11.9 Å². The summed E-state index contributed by atoms with van der Waals surface area (Å²) in [6, 6.07) is 5.55. The predicted molar refractivity (Wildman–Crippen MR) is 87.9 cm³/mol. The van der Waals surface area contributed by atoms with Crippen molar-refractivity contribution in [3.05, 3.63) is 28.8 Å². The van der Waals surface area contributed by atoms with Gasteiger partial charge in [-0.3, -0.25) is 4.79 Å². The van der Waals surface area contributed by atoms with Crippen LogP contribution in [0.4, 0.5) is 5.69 Å². The topological polar surface area (TPSA) is 53.5 Å². The lowest BCUT2D eigenvalue weighted by atomic mass is 9.89. The van der Waals surface area contributed by atoms with Crippen molar-refractivity contribution in [3.8, 4) is 0 Å². The summed E-state index contributed by atoms with van der Waals surface area (Å²) in [6.07, 6.45) is 4.58. The molecule has 2 N–H and O–H groups in total. The number of hydrogen-bond donors (Lipinski definition) is 2. The number of benzene rings is 1. The van der Waals surface area contributed by atoms with Crippen LogP contribution in [0.5, 0.6) is 0 Å². The van der Waals surface area contributed by atoms with E-state index in [9.17, 15) is 4.79 Å². The Kier molecular flexibility index (Phi) is 5.62. The second-order valence-corrected chi connectivity index (χ2v) is 6.03. The van der Waals surface area contributed by atoms with Gasteiger partial charge in [0.25, 0.3) is 5.91 Å². The molecule has 1 amide bonds. The summed E-state index contributed by atoms with van der Waals surface area (Å²) in [5, 5.41) is 8.06. The number of hydrogen-bond acceptors (Lipinski definition) is 3. The van der Waals surface area contributed by atoms with Crippen LogP contribution in [0.15, 0.2) is 23.3 Å². The Labute approximate surface area is 131 Å². The smallest absolute Gasteiger partial charge is 0.259 e. The van der Waals surface area contributed by atoms with Crippen molar-refractivity contribution >= 4 is 28.9 Å². The Hall–Kier alpha value is -1.55. The van der Waals surface area contributed by atoms with Crippen molar-refractivity contribution in [1.82, 2.24) is 5.43 Å². The molecule has 1 fully saturated rings. The van der Waals surface area contributed by atoms with Crippen molar-refractivity contribution < 1.29 is 4.79 Å². The number of carbonyl (C=O) groups is 1. The first kappa shape index (κ1) is 15.8. The molecule has 1 aliphatic rings. The summed E-state index contributed by atoms with van der Waals surface area (Å²) in [7, 11) is 0. The van der Waals surface area contributed by atoms with E-state index in [4.69, 9.17) is 11.6 Å². The van der Waals surface area contributed by atoms with E-state index in [2.05, 4.69) is 22.8 Å². The number of halogens is 1. The van der Waals surface area contributed by atoms with E-state index in [0.717, 1.165) is 29.8 Å². The molecule has 1 aromatic rings. The van der Waals surface area contributed by atoms with Gasteiger partial charge in [0.2, 0.25) is 0 Å². The summed E-state index contributed by atoms with van der Waals surface area (Å²) in [6.45, 7) is 4.32. The molecule has 1 unspecified atom stereocenters. The van der Waals surface area contributed by atoms with Crippen LogP contribution in [0.25, 0.3) is 0 Å². The molecule has 1 saturated carbocycles. The van der Waals surface area contributed by atoms with E-state index in [-0.39, 0.29) is 12.5 Å². The van der Waals surface area contributed by atoms with Crippen LogP contribution in [-0.2, 0) is 4.79 Å². The Morgan fingerprint density at radius 3 is 2.95 bits per heavy atom. The fourth-order valence-electron chi connectivity index (χ4n) is 2.51. The first-order valence-corrected chi connectivity index (χ1v) is 7.79. The van der Waals surface area contributed by atoms with Crippen molar-refractivity contribution in [3.63, 3.8) is 0 Å². The van der Waals surface area contributed by atoms with Gasteiger partial charge in [-0.25, -0.2) is 5.43 Å². The van der Waals surface area contributed by atoms with Crippen LogP contribution >= 0.6 is 11.6 Å². The van der Waals surface area contributed by atoms with Crippen molar-refractivity contribution in [2.24, 2.45) is 11.0 Å². The summed E-state index contributed by atoms with van der Waals surface area (Å²) >= 11 is 5.90. The van der Waals surface area contributed by atoms with Crippen LogP contribution in [0, 0.1) is 12.8 Å². The van der Waals surface area contributed by atoms with Crippen LogP contribution in [-0.4, -0.2) is 18.2 Å². The molecular weight excluding hydrogens is 286 g/mol. The molecule has 1 aliphatic carbocycles. The molecule has 1 atom stereocenters. The molecule has 4 nitrogen and oxygen atoms in total. The van der Waals surface area contributed by atoms with Gasteiger partial charge in [0.05, 0.1) is 6.54 Å². The zero-order valence-corrected chi connectivity index (χ0v) is 13.3. The van der Waals surface area contributed by atoms with Gasteiger partial charge in [-0.1, -0.05) is 24.9 Å². The SMILES string of the molecule is Cc1cc(Cl)ccc1NCC(=O)N/N=C1/CCCCC1C. The molecule has 0 aliphatic heterocycles. The lowest BCUT2D eigenvalue weighted by Crippen LogP contribution is -2.29. The second kappa shape index (κ2) is 7.46. The van der Waals surface area contributed by atoms with Crippen LogP contribution < -0.4 is 10.7 Å². The number of aryl methyl sites for hydroxylation is 1. The largest absolute Gasteiger partial charge is 0.376 e. The first-order chi connectivity index (χ1) is 10.1.